The second-order valence-corrected chi connectivity index (χ2v) is 5.56. The van der Waals surface area contributed by atoms with Crippen molar-refractivity contribution in [3.63, 3.8) is 0 Å². The van der Waals surface area contributed by atoms with Crippen LogP contribution in [0, 0.1) is 13.7 Å². The second kappa shape index (κ2) is 5.60. The third-order valence-corrected chi connectivity index (χ3v) is 3.66. The van der Waals surface area contributed by atoms with Crippen LogP contribution in [0.1, 0.15) is 0 Å². The molecule has 0 saturated heterocycles. The van der Waals surface area contributed by atoms with Crippen molar-refractivity contribution in [2.24, 2.45) is 0 Å². The van der Waals surface area contributed by atoms with Crippen molar-refractivity contribution in [1.82, 2.24) is 9.97 Å². The predicted octanol–water partition coefficient (Wildman–Crippen LogP) is 3.89. The fraction of sp³-hybridized carbons (Fsp3) is 0. The molecule has 0 saturated carbocycles. The molecule has 0 unspecified atom stereocenters. The van der Waals surface area contributed by atoms with E-state index in [1.807, 2.05) is 24.3 Å². The van der Waals surface area contributed by atoms with E-state index in [0.29, 0.717) is 16.7 Å². The summed E-state index contributed by atoms with van der Waals surface area (Å²) in [6.45, 7) is 0. The lowest BCUT2D eigenvalue weighted by Gasteiger charge is -2.08. The van der Waals surface area contributed by atoms with Gasteiger partial charge in [-0.3, -0.25) is 10.1 Å². The molecule has 0 aliphatic carbocycles. The zero-order valence-corrected chi connectivity index (χ0v) is 12.8. The van der Waals surface area contributed by atoms with Crippen LogP contribution in [0.4, 0.5) is 17.2 Å². The van der Waals surface area contributed by atoms with Gasteiger partial charge in [0.05, 0.1) is 10.4 Å². The minimum absolute atomic E-state index is 0.0166. The first-order valence-electron chi connectivity index (χ1n) is 6.05. The first-order valence-corrected chi connectivity index (χ1v) is 7.13. The second-order valence-electron chi connectivity index (χ2n) is 4.31. The summed E-state index contributed by atoms with van der Waals surface area (Å²) < 4.78 is 1.13. The molecule has 21 heavy (non-hydrogen) atoms. The highest BCUT2D eigenvalue weighted by Crippen LogP contribution is 2.26. The van der Waals surface area contributed by atoms with E-state index in [-0.39, 0.29) is 5.69 Å². The molecule has 0 amide bonds. The fourth-order valence-corrected chi connectivity index (χ4v) is 2.29. The lowest BCUT2D eigenvalue weighted by atomic mass is 10.2. The van der Waals surface area contributed by atoms with Gasteiger partial charge in [0.15, 0.2) is 0 Å². The van der Waals surface area contributed by atoms with Crippen molar-refractivity contribution < 1.29 is 4.92 Å². The van der Waals surface area contributed by atoms with Crippen LogP contribution in [-0.4, -0.2) is 14.9 Å². The standard InChI is InChI=1S/C14H9IN4O2/c15-9-1-3-10(4-2-9)18-14-12-7-11(19(20)21)5-6-13(12)16-8-17-14/h1-8H,(H,16,17,18). The third-order valence-electron chi connectivity index (χ3n) is 2.94. The number of hydrogen-bond donors (Lipinski definition) is 1. The van der Waals surface area contributed by atoms with E-state index in [1.54, 1.807) is 6.07 Å². The van der Waals surface area contributed by atoms with Crippen molar-refractivity contribution in [2.45, 2.75) is 0 Å². The van der Waals surface area contributed by atoms with Gasteiger partial charge in [-0.15, -0.1) is 0 Å². The van der Waals surface area contributed by atoms with Crippen LogP contribution in [0.15, 0.2) is 48.8 Å². The minimum atomic E-state index is -0.429. The number of hydrogen-bond acceptors (Lipinski definition) is 5. The maximum Gasteiger partial charge on any atom is 0.270 e. The number of non-ortho nitro benzene ring substituents is 1. The van der Waals surface area contributed by atoms with Gasteiger partial charge >= 0.3 is 0 Å². The molecule has 0 atom stereocenters. The average molecular weight is 392 g/mol. The van der Waals surface area contributed by atoms with Crippen molar-refractivity contribution in [3.8, 4) is 0 Å². The first kappa shape index (κ1) is 13.7. The van der Waals surface area contributed by atoms with Crippen molar-refractivity contribution in [1.29, 1.82) is 0 Å². The van der Waals surface area contributed by atoms with Crippen LogP contribution in [0.3, 0.4) is 0 Å². The van der Waals surface area contributed by atoms with Crippen molar-refractivity contribution in [3.05, 3.63) is 62.5 Å². The molecule has 1 heterocycles. The van der Waals surface area contributed by atoms with E-state index in [2.05, 4.69) is 37.9 Å². The number of nitrogens with one attached hydrogen (secondary N) is 1. The van der Waals surface area contributed by atoms with Crippen LogP contribution in [0.5, 0.6) is 0 Å². The molecule has 0 bridgehead atoms. The highest BCUT2D eigenvalue weighted by Gasteiger charge is 2.10. The molecule has 1 N–H and O–H groups in total. The monoisotopic (exact) mass is 392 g/mol. The molecule has 0 aliphatic rings. The summed E-state index contributed by atoms with van der Waals surface area (Å²) in [7, 11) is 0. The fourth-order valence-electron chi connectivity index (χ4n) is 1.93. The Kier molecular flexibility index (Phi) is 3.65. The Morgan fingerprint density at radius 3 is 2.57 bits per heavy atom. The molecule has 0 fully saturated rings. The lowest BCUT2D eigenvalue weighted by molar-refractivity contribution is -0.384. The Balaban J connectivity index is 2.06. The predicted molar refractivity (Wildman–Crippen MR) is 88.6 cm³/mol. The zero-order chi connectivity index (χ0) is 14.8. The highest BCUT2D eigenvalue weighted by atomic mass is 127. The quantitative estimate of drug-likeness (QED) is 0.416. The van der Waals surface area contributed by atoms with Gasteiger partial charge in [-0.25, -0.2) is 9.97 Å². The number of rotatable bonds is 3. The lowest BCUT2D eigenvalue weighted by Crippen LogP contribution is -1.97. The Morgan fingerprint density at radius 2 is 1.86 bits per heavy atom. The van der Waals surface area contributed by atoms with Gasteiger partial charge in [0.1, 0.15) is 12.1 Å². The van der Waals surface area contributed by atoms with Crippen LogP contribution in [0.2, 0.25) is 0 Å². The van der Waals surface area contributed by atoms with Crippen molar-refractivity contribution >= 4 is 50.7 Å². The molecule has 3 rings (SSSR count). The van der Waals surface area contributed by atoms with Crippen molar-refractivity contribution in [2.75, 3.05) is 5.32 Å². The summed E-state index contributed by atoms with van der Waals surface area (Å²) in [6, 6.07) is 12.3. The molecule has 2 aromatic carbocycles. The first-order chi connectivity index (χ1) is 10.1. The number of nitro groups is 1. The number of benzene rings is 2. The van der Waals surface area contributed by atoms with Crippen LogP contribution in [-0.2, 0) is 0 Å². The van der Waals surface area contributed by atoms with E-state index in [9.17, 15) is 10.1 Å². The Morgan fingerprint density at radius 1 is 1.10 bits per heavy atom. The SMILES string of the molecule is O=[N+]([O-])c1ccc2ncnc(Nc3ccc(I)cc3)c2c1. The van der Waals surface area contributed by atoms with Gasteiger partial charge in [-0.05, 0) is 52.9 Å². The zero-order valence-electron chi connectivity index (χ0n) is 10.7. The molecular formula is C14H9IN4O2. The topological polar surface area (TPSA) is 81.0 Å². The van der Waals surface area contributed by atoms with Gasteiger partial charge in [0, 0.05) is 26.8 Å². The summed E-state index contributed by atoms with van der Waals surface area (Å²) in [5, 5.41) is 14.7. The molecule has 0 radical (unpaired) electrons. The number of anilines is 2. The van der Waals surface area contributed by atoms with Gasteiger partial charge in [0.2, 0.25) is 0 Å². The van der Waals surface area contributed by atoms with E-state index < -0.39 is 4.92 Å². The minimum Gasteiger partial charge on any atom is -0.340 e. The van der Waals surface area contributed by atoms with E-state index in [4.69, 9.17) is 0 Å². The number of aromatic nitrogens is 2. The number of nitro benzene ring substituents is 1. The summed E-state index contributed by atoms with van der Waals surface area (Å²) >= 11 is 2.22. The molecule has 3 aromatic rings. The molecule has 1 aromatic heterocycles. The van der Waals surface area contributed by atoms with Crippen LogP contribution < -0.4 is 5.32 Å². The Hall–Kier alpha value is -2.29. The maximum atomic E-state index is 10.9. The van der Waals surface area contributed by atoms with Gasteiger partial charge in [-0.2, -0.15) is 0 Å². The maximum absolute atomic E-state index is 10.9. The molecule has 104 valence electrons. The number of halogens is 1. The Labute approximate surface area is 133 Å². The number of nitrogens with zero attached hydrogens (tertiary/aromatic N) is 3. The average Bonchev–Trinajstić information content (AvgIpc) is 2.49. The molecule has 0 spiro atoms. The summed E-state index contributed by atoms with van der Waals surface area (Å²) in [6.07, 6.45) is 1.43. The van der Waals surface area contributed by atoms with Crippen LogP contribution >= 0.6 is 22.6 Å². The van der Waals surface area contributed by atoms with Gasteiger partial charge in [0.25, 0.3) is 5.69 Å². The summed E-state index contributed by atoms with van der Waals surface area (Å²) in [5.74, 6) is 0.546. The normalized spacial score (nSPS) is 10.5. The summed E-state index contributed by atoms with van der Waals surface area (Å²) in [5.41, 5.74) is 1.54. The largest absolute Gasteiger partial charge is 0.340 e. The van der Waals surface area contributed by atoms with Gasteiger partial charge < -0.3 is 5.32 Å². The number of fused-ring (bicyclic) bond motifs is 1. The summed E-state index contributed by atoms with van der Waals surface area (Å²) in [4.78, 5) is 18.8. The molecular weight excluding hydrogens is 383 g/mol. The van der Waals surface area contributed by atoms with Gasteiger partial charge in [-0.1, -0.05) is 0 Å². The van der Waals surface area contributed by atoms with E-state index >= 15 is 0 Å². The highest BCUT2D eigenvalue weighted by molar-refractivity contribution is 14.1. The van der Waals surface area contributed by atoms with E-state index in [1.165, 1.54) is 18.5 Å². The third kappa shape index (κ3) is 2.92. The smallest absolute Gasteiger partial charge is 0.270 e. The van der Waals surface area contributed by atoms with Crippen LogP contribution in [0.25, 0.3) is 10.9 Å². The Bertz CT molecular complexity index is 821. The molecule has 0 aliphatic heterocycles. The van der Waals surface area contributed by atoms with E-state index in [0.717, 1.165) is 9.26 Å². The molecule has 7 heteroatoms. The molecule has 6 nitrogen and oxygen atoms in total.